The number of para-hydroxylation sites is 1. The lowest BCUT2D eigenvalue weighted by Gasteiger charge is -2.10. The summed E-state index contributed by atoms with van der Waals surface area (Å²) in [5, 5.41) is 3.38. The number of nitrogens with one attached hydrogen (secondary N) is 1. The van der Waals surface area contributed by atoms with Crippen molar-refractivity contribution in [2.75, 3.05) is 20.3 Å². The molecule has 0 saturated heterocycles. The Bertz CT molecular complexity index is 1380. The lowest BCUT2D eigenvalue weighted by atomic mass is 10.0. The summed E-state index contributed by atoms with van der Waals surface area (Å²) in [5.41, 5.74) is 2.44. The number of Topliss-reactive ketones (excluding diaryl/α,β-unsaturated/α-hetero) is 1. The van der Waals surface area contributed by atoms with Gasteiger partial charge in [0.05, 0.1) is 28.8 Å². The highest BCUT2D eigenvalue weighted by atomic mass is 32.1. The van der Waals surface area contributed by atoms with Crippen molar-refractivity contribution >= 4 is 39.9 Å². The van der Waals surface area contributed by atoms with Crippen molar-refractivity contribution in [3.05, 3.63) is 82.0 Å². The smallest absolute Gasteiger partial charge is 0.339 e. The molecule has 8 heteroatoms. The third-order valence-electron chi connectivity index (χ3n) is 5.34. The number of aromatic nitrogens is 1. The molecule has 2 aromatic heterocycles. The Morgan fingerprint density at radius 1 is 1.00 bits per heavy atom. The van der Waals surface area contributed by atoms with Crippen molar-refractivity contribution in [3.8, 4) is 17.0 Å². The Morgan fingerprint density at radius 2 is 1.77 bits per heavy atom. The van der Waals surface area contributed by atoms with Crippen LogP contribution in [0.1, 0.15) is 31.8 Å². The van der Waals surface area contributed by atoms with Crippen molar-refractivity contribution in [1.29, 1.82) is 0 Å². The number of pyridine rings is 1. The Labute approximate surface area is 206 Å². The fraction of sp³-hybridized carbons (Fsp3) is 0.185. The maximum Gasteiger partial charge on any atom is 0.339 e. The monoisotopic (exact) mass is 488 g/mol. The Morgan fingerprint density at radius 3 is 2.51 bits per heavy atom. The van der Waals surface area contributed by atoms with Gasteiger partial charge < -0.3 is 14.8 Å². The number of hydrogen-bond donors (Lipinski definition) is 1. The summed E-state index contributed by atoms with van der Waals surface area (Å²) in [6.07, 6.45) is 0.633. The lowest BCUT2D eigenvalue weighted by molar-refractivity contribution is -0.118. The van der Waals surface area contributed by atoms with Crippen LogP contribution < -0.4 is 10.1 Å². The number of benzene rings is 2. The van der Waals surface area contributed by atoms with Gasteiger partial charge in [0.15, 0.2) is 6.61 Å². The van der Waals surface area contributed by atoms with E-state index in [9.17, 15) is 14.4 Å². The highest BCUT2D eigenvalue weighted by molar-refractivity contribution is 7.14. The van der Waals surface area contributed by atoms with Crippen LogP contribution >= 0.6 is 11.3 Å². The summed E-state index contributed by atoms with van der Waals surface area (Å²) < 4.78 is 10.6. The molecule has 2 heterocycles. The van der Waals surface area contributed by atoms with Crippen LogP contribution in [0.4, 0.5) is 0 Å². The second-order valence-electron chi connectivity index (χ2n) is 7.80. The van der Waals surface area contributed by atoms with Gasteiger partial charge in [-0.3, -0.25) is 9.59 Å². The standard InChI is InChI=1S/C27H24N2O5S/c1-17(30)28-14-13-20-11-12-26(35-20)25(31)16-34-27(32)22-15-24(18-7-9-19(33-2)10-8-18)29-23-6-4-3-5-21(22)23/h3-12,15H,13-14,16H2,1-2H3,(H,28,30). The minimum Gasteiger partial charge on any atom is -0.497 e. The third kappa shape index (κ3) is 5.91. The SMILES string of the molecule is COc1ccc(-c2cc(C(=O)OCC(=O)c3ccc(CCNC(C)=O)s3)c3ccccc3n2)cc1. The van der Waals surface area contributed by atoms with Crippen molar-refractivity contribution in [2.24, 2.45) is 0 Å². The van der Waals surface area contributed by atoms with Gasteiger partial charge in [-0.15, -0.1) is 11.3 Å². The molecule has 0 aliphatic carbocycles. The number of methoxy groups -OCH3 is 1. The van der Waals surface area contributed by atoms with E-state index in [1.165, 1.54) is 18.3 Å². The fourth-order valence-corrected chi connectivity index (χ4v) is 4.49. The zero-order valence-electron chi connectivity index (χ0n) is 19.4. The van der Waals surface area contributed by atoms with E-state index in [0.29, 0.717) is 40.0 Å². The molecular weight excluding hydrogens is 464 g/mol. The number of ketones is 1. The van der Waals surface area contributed by atoms with Gasteiger partial charge in [-0.1, -0.05) is 18.2 Å². The van der Waals surface area contributed by atoms with E-state index < -0.39 is 5.97 Å². The number of hydrogen-bond acceptors (Lipinski definition) is 7. The molecule has 1 amide bonds. The number of rotatable bonds is 9. The van der Waals surface area contributed by atoms with E-state index in [-0.39, 0.29) is 18.3 Å². The van der Waals surface area contributed by atoms with Gasteiger partial charge in [0.25, 0.3) is 0 Å². The van der Waals surface area contributed by atoms with Crippen LogP contribution in [0.15, 0.2) is 66.7 Å². The summed E-state index contributed by atoms with van der Waals surface area (Å²) in [5.74, 6) is -0.236. The Balaban J connectivity index is 1.50. The molecule has 0 unspecified atom stereocenters. The van der Waals surface area contributed by atoms with Crippen LogP contribution in [0, 0.1) is 0 Å². The summed E-state index contributed by atoms with van der Waals surface area (Å²) in [6, 6.07) is 20.0. The summed E-state index contributed by atoms with van der Waals surface area (Å²) >= 11 is 1.33. The summed E-state index contributed by atoms with van der Waals surface area (Å²) in [4.78, 5) is 42.8. The average molecular weight is 489 g/mol. The van der Waals surface area contributed by atoms with Crippen LogP contribution in [-0.2, 0) is 16.0 Å². The number of carbonyl (C=O) groups is 3. The minimum absolute atomic E-state index is 0.0939. The molecule has 0 aliphatic heterocycles. The quantitative estimate of drug-likeness (QED) is 0.271. The third-order valence-corrected chi connectivity index (χ3v) is 6.52. The van der Waals surface area contributed by atoms with Gasteiger partial charge in [-0.25, -0.2) is 9.78 Å². The van der Waals surface area contributed by atoms with E-state index in [2.05, 4.69) is 10.3 Å². The Hall–Kier alpha value is -4.04. The summed E-state index contributed by atoms with van der Waals surface area (Å²) in [6.45, 7) is 1.60. The highest BCUT2D eigenvalue weighted by Gasteiger charge is 2.18. The number of thiophene rings is 1. The molecule has 35 heavy (non-hydrogen) atoms. The number of ether oxygens (including phenoxy) is 2. The first-order valence-corrected chi connectivity index (χ1v) is 11.8. The van der Waals surface area contributed by atoms with Crippen molar-refractivity contribution in [1.82, 2.24) is 10.3 Å². The van der Waals surface area contributed by atoms with Crippen LogP contribution in [-0.4, -0.2) is 42.9 Å². The first kappa shape index (κ1) is 24.1. The molecule has 0 radical (unpaired) electrons. The molecule has 4 aromatic rings. The van der Waals surface area contributed by atoms with Gasteiger partial charge >= 0.3 is 5.97 Å². The van der Waals surface area contributed by atoms with Gasteiger partial charge in [0.2, 0.25) is 11.7 Å². The van der Waals surface area contributed by atoms with Gasteiger partial charge in [-0.2, -0.15) is 0 Å². The molecule has 0 spiro atoms. The van der Waals surface area contributed by atoms with E-state index in [4.69, 9.17) is 9.47 Å². The topological polar surface area (TPSA) is 94.6 Å². The second-order valence-corrected chi connectivity index (χ2v) is 8.97. The number of nitrogens with zero attached hydrogens (tertiary/aromatic N) is 1. The predicted molar refractivity (Wildman–Crippen MR) is 135 cm³/mol. The Kier molecular flexibility index (Phi) is 7.52. The van der Waals surface area contributed by atoms with Crippen LogP contribution in [0.3, 0.4) is 0 Å². The second kappa shape index (κ2) is 10.9. The molecule has 178 valence electrons. The van der Waals surface area contributed by atoms with E-state index in [0.717, 1.165) is 16.2 Å². The van der Waals surface area contributed by atoms with Gasteiger partial charge in [0, 0.05) is 29.3 Å². The molecule has 0 aliphatic rings. The largest absolute Gasteiger partial charge is 0.497 e. The molecule has 0 saturated carbocycles. The zero-order chi connectivity index (χ0) is 24.8. The maximum absolute atomic E-state index is 13.0. The predicted octanol–water partition coefficient (Wildman–Crippen LogP) is 4.69. The van der Waals surface area contributed by atoms with Gasteiger partial charge in [0.1, 0.15) is 5.75 Å². The number of carbonyl (C=O) groups excluding carboxylic acids is 3. The molecule has 7 nitrogen and oxygen atoms in total. The van der Waals surface area contributed by atoms with E-state index in [1.54, 1.807) is 25.3 Å². The molecule has 0 fully saturated rings. The zero-order valence-corrected chi connectivity index (χ0v) is 20.2. The van der Waals surface area contributed by atoms with Crippen LogP contribution in [0.25, 0.3) is 22.2 Å². The number of fused-ring (bicyclic) bond motifs is 1. The van der Waals surface area contributed by atoms with Crippen molar-refractivity contribution in [3.63, 3.8) is 0 Å². The molecule has 4 rings (SSSR count). The number of esters is 1. The number of amides is 1. The fourth-order valence-electron chi connectivity index (χ4n) is 3.56. The minimum atomic E-state index is -0.589. The first-order chi connectivity index (χ1) is 16.9. The molecular formula is C27H24N2O5S. The normalized spacial score (nSPS) is 10.7. The first-order valence-electron chi connectivity index (χ1n) is 11.0. The van der Waals surface area contributed by atoms with E-state index >= 15 is 0 Å². The molecule has 0 bridgehead atoms. The average Bonchev–Trinajstić information content (AvgIpc) is 3.35. The van der Waals surface area contributed by atoms with Gasteiger partial charge in [-0.05, 0) is 55.0 Å². The van der Waals surface area contributed by atoms with Crippen molar-refractivity contribution in [2.45, 2.75) is 13.3 Å². The van der Waals surface area contributed by atoms with E-state index in [1.807, 2.05) is 48.5 Å². The lowest BCUT2D eigenvalue weighted by Crippen LogP contribution is -2.22. The van der Waals surface area contributed by atoms with Crippen LogP contribution in [0.2, 0.25) is 0 Å². The van der Waals surface area contributed by atoms with Crippen molar-refractivity contribution < 1.29 is 23.9 Å². The molecule has 1 N–H and O–H groups in total. The van der Waals surface area contributed by atoms with Crippen LogP contribution in [0.5, 0.6) is 5.75 Å². The summed E-state index contributed by atoms with van der Waals surface area (Å²) in [7, 11) is 1.60. The molecule has 0 atom stereocenters. The highest BCUT2D eigenvalue weighted by Crippen LogP contribution is 2.27. The maximum atomic E-state index is 13.0. The molecule has 2 aromatic carbocycles.